The molecule has 2 heterocycles. The normalized spacial score (nSPS) is 13.2. The Labute approximate surface area is 291 Å². The number of nitrogens with zero attached hydrogens (tertiary/aromatic N) is 2. The SMILES string of the molecule is CC1(C)c2ccccc2-c2ccc(-c3ccc4c(c3)c3ccc(-c5ccc(-c6ccnc7ccccc67)cc5)cc3n4-c3ccccc3)cc21. The summed E-state index contributed by atoms with van der Waals surface area (Å²) in [5, 5.41) is 3.68. The van der Waals surface area contributed by atoms with Crippen LogP contribution in [0.1, 0.15) is 25.0 Å². The lowest BCUT2D eigenvalue weighted by Crippen LogP contribution is -2.14. The van der Waals surface area contributed by atoms with Gasteiger partial charge in [0.2, 0.25) is 0 Å². The molecule has 2 nitrogen and oxygen atoms in total. The number of para-hydroxylation sites is 2. The predicted molar refractivity (Wildman–Crippen MR) is 210 cm³/mol. The van der Waals surface area contributed by atoms with Crippen LogP contribution in [0.4, 0.5) is 0 Å². The summed E-state index contributed by atoms with van der Waals surface area (Å²) in [6.45, 7) is 4.70. The average Bonchev–Trinajstić information content (AvgIpc) is 3.62. The van der Waals surface area contributed by atoms with Crippen molar-refractivity contribution in [2.45, 2.75) is 19.3 Å². The van der Waals surface area contributed by atoms with Gasteiger partial charge in [0.05, 0.1) is 16.6 Å². The minimum atomic E-state index is -0.0317. The van der Waals surface area contributed by atoms with Crippen molar-refractivity contribution in [2.24, 2.45) is 0 Å². The van der Waals surface area contributed by atoms with Gasteiger partial charge in [-0.25, -0.2) is 0 Å². The van der Waals surface area contributed by atoms with Crippen LogP contribution >= 0.6 is 0 Å². The monoisotopic (exact) mass is 638 g/mol. The Morgan fingerprint density at radius 2 is 1.08 bits per heavy atom. The molecule has 50 heavy (non-hydrogen) atoms. The lowest BCUT2D eigenvalue weighted by atomic mass is 9.81. The lowest BCUT2D eigenvalue weighted by Gasteiger charge is -2.22. The lowest BCUT2D eigenvalue weighted by molar-refractivity contribution is 0.660. The van der Waals surface area contributed by atoms with Crippen molar-refractivity contribution < 1.29 is 0 Å². The first-order chi connectivity index (χ1) is 24.5. The van der Waals surface area contributed by atoms with E-state index < -0.39 is 0 Å². The third-order valence-corrected chi connectivity index (χ3v) is 10.9. The Hall–Kier alpha value is -6.25. The molecule has 0 bridgehead atoms. The summed E-state index contributed by atoms with van der Waals surface area (Å²) in [5.74, 6) is 0. The van der Waals surface area contributed by atoms with Crippen molar-refractivity contribution in [1.82, 2.24) is 9.55 Å². The van der Waals surface area contributed by atoms with E-state index >= 15 is 0 Å². The van der Waals surface area contributed by atoms with Crippen LogP contribution in [0, 0.1) is 0 Å². The van der Waals surface area contributed by atoms with Crippen molar-refractivity contribution in [2.75, 3.05) is 0 Å². The second-order valence-corrected chi connectivity index (χ2v) is 14.0. The van der Waals surface area contributed by atoms with E-state index in [1.165, 1.54) is 82.8 Å². The van der Waals surface area contributed by atoms with E-state index in [0.717, 1.165) is 11.2 Å². The van der Waals surface area contributed by atoms with E-state index in [-0.39, 0.29) is 5.41 Å². The third-order valence-electron chi connectivity index (χ3n) is 10.9. The van der Waals surface area contributed by atoms with E-state index in [4.69, 9.17) is 0 Å². The van der Waals surface area contributed by atoms with Crippen LogP contribution < -0.4 is 0 Å². The Morgan fingerprint density at radius 1 is 0.420 bits per heavy atom. The average molecular weight is 639 g/mol. The molecule has 236 valence electrons. The summed E-state index contributed by atoms with van der Waals surface area (Å²) in [6.07, 6.45) is 1.90. The largest absolute Gasteiger partial charge is 0.309 e. The van der Waals surface area contributed by atoms with Gasteiger partial charge in [0.1, 0.15) is 0 Å². The highest BCUT2D eigenvalue weighted by atomic mass is 15.0. The first kappa shape index (κ1) is 28.7. The van der Waals surface area contributed by atoms with E-state index in [9.17, 15) is 0 Å². The van der Waals surface area contributed by atoms with Gasteiger partial charge in [-0.3, -0.25) is 4.98 Å². The van der Waals surface area contributed by atoms with Crippen molar-refractivity contribution in [3.8, 4) is 50.2 Å². The standard InChI is InChI=1S/C48H34N2/c1-48(2)43-14-8-6-12-38(43)39-23-20-34(29-44(39)48)33-22-25-46-42(28-33)41-24-21-35(30-47(41)50(46)36-10-4-3-5-11-36)31-16-18-32(19-17-31)37-26-27-49-45-15-9-7-13-40(37)45/h3-30H,1-2H3. The fourth-order valence-electron chi connectivity index (χ4n) is 8.31. The fourth-order valence-corrected chi connectivity index (χ4v) is 8.31. The first-order valence-electron chi connectivity index (χ1n) is 17.4. The quantitative estimate of drug-likeness (QED) is 0.188. The number of pyridine rings is 1. The molecule has 0 amide bonds. The van der Waals surface area contributed by atoms with Gasteiger partial charge in [-0.1, -0.05) is 129 Å². The molecule has 0 spiro atoms. The summed E-state index contributed by atoms with van der Waals surface area (Å²) in [4.78, 5) is 4.56. The van der Waals surface area contributed by atoms with Gasteiger partial charge in [-0.05, 0) is 104 Å². The molecule has 0 unspecified atom stereocenters. The minimum Gasteiger partial charge on any atom is -0.309 e. The van der Waals surface area contributed by atoms with Gasteiger partial charge < -0.3 is 4.57 Å². The maximum atomic E-state index is 4.56. The molecule has 1 aliphatic rings. The minimum absolute atomic E-state index is 0.0317. The highest BCUT2D eigenvalue weighted by Crippen LogP contribution is 2.49. The molecule has 7 aromatic carbocycles. The number of fused-ring (bicyclic) bond motifs is 7. The summed E-state index contributed by atoms with van der Waals surface area (Å²) in [6, 6.07) is 60.0. The Balaban J connectivity index is 1.09. The first-order valence-corrected chi connectivity index (χ1v) is 17.4. The number of hydrogen-bond donors (Lipinski definition) is 0. The zero-order valence-electron chi connectivity index (χ0n) is 28.1. The molecule has 0 fully saturated rings. The second kappa shape index (κ2) is 10.9. The Bertz CT molecular complexity index is 2760. The topological polar surface area (TPSA) is 17.8 Å². The molecular weight excluding hydrogens is 605 g/mol. The molecule has 10 rings (SSSR count). The Kier molecular flexibility index (Phi) is 6.25. The van der Waals surface area contributed by atoms with Gasteiger partial charge in [-0.2, -0.15) is 0 Å². The van der Waals surface area contributed by atoms with Crippen molar-refractivity contribution >= 4 is 32.7 Å². The third kappa shape index (κ3) is 4.32. The summed E-state index contributed by atoms with van der Waals surface area (Å²) in [7, 11) is 0. The van der Waals surface area contributed by atoms with Crippen LogP contribution in [0.15, 0.2) is 170 Å². The van der Waals surface area contributed by atoms with Crippen molar-refractivity contribution in [1.29, 1.82) is 0 Å². The number of rotatable bonds is 4. The smallest absolute Gasteiger partial charge is 0.0708 e. The van der Waals surface area contributed by atoms with Crippen LogP contribution in [0.5, 0.6) is 0 Å². The van der Waals surface area contributed by atoms with Gasteiger partial charge in [0.25, 0.3) is 0 Å². The number of benzene rings is 7. The van der Waals surface area contributed by atoms with Gasteiger partial charge >= 0.3 is 0 Å². The van der Waals surface area contributed by atoms with Crippen LogP contribution in [0.2, 0.25) is 0 Å². The Morgan fingerprint density at radius 3 is 1.96 bits per heavy atom. The maximum Gasteiger partial charge on any atom is 0.0708 e. The highest BCUT2D eigenvalue weighted by Gasteiger charge is 2.35. The number of hydrogen-bond acceptors (Lipinski definition) is 1. The fraction of sp³-hybridized carbons (Fsp3) is 0.0625. The number of aromatic nitrogens is 2. The maximum absolute atomic E-state index is 4.56. The van der Waals surface area contributed by atoms with E-state index in [2.05, 4.69) is 181 Å². The molecule has 0 N–H and O–H groups in total. The van der Waals surface area contributed by atoms with Crippen molar-refractivity contribution in [3.63, 3.8) is 0 Å². The molecular formula is C48H34N2. The summed E-state index contributed by atoms with van der Waals surface area (Å²) in [5.41, 5.74) is 17.4. The molecule has 9 aromatic rings. The molecule has 1 aliphatic carbocycles. The molecule has 0 aliphatic heterocycles. The molecule has 0 saturated heterocycles. The van der Waals surface area contributed by atoms with Gasteiger partial charge in [0.15, 0.2) is 0 Å². The predicted octanol–water partition coefficient (Wildman–Crippen LogP) is 12.6. The van der Waals surface area contributed by atoms with E-state index in [0.29, 0.717) is 0 Å². The molecule has 0 saturated carbocycles. The van der Waals surface area contributed by atoms with Crippen LogP contribution in [0.3, 0.4) is 0 Å². The van der Waals surface area contributed by atoms with E-state index in [1.807, 2.05) is 12.3 Å². The molecule has 0 atom stereocenters. The van der Waals surface area contributed by atoms with Crippen LogP contribution in [-0.2, 0) is 5.41 Å². The zero-order chi connectivity index (χ0) is 33.4. The molecule has 2 aromatic heterocycles. The van der Waals surface area contributed by atoms with Crippen molar-refractivity contribution in [3.05, 3.63) is 181 Å². The summed E-state index contributed by atoms with van der Waals surface area (Å²) < 4.78 is 2.41. The highest BCUT2D eigenvalue weighted by molar-refractivity contribution is 6.11. The van der Waals surface area contributed by atoms with Gasteiger partial charge in [0, 0.05) is 33.5 Å². The summed E-state index contributed by atoms with van der Waals surface area (Å²) >= 11 is 0. The molecule has 0 radical (unpaired) electrons. The molecule has 2 heteroatoms. The zero-order valence-corrected chi connectivity index (χ0v) is 28.1. The van der Waals surface area contributed by atoms with Crippen LogP contribution in [-0.4, -0.2) is 9.55 Å². The second-order valence-electron chi connectivity index (χ2n) is 14.0. The van der Waals surface area contributed by atoms with E-state index in [1.54, 1.807) is 0 Å². The van der Waals surface area contributed by atoms with Gasteiger partial charge in [-0.15, -0.1) is 0 Å². The van der Waals surface area contributed by atoms with Crippen LogP contribution in [0.25, 0.3) is 82.9 Å².